The lowest BCUT2D eigenvalue weighted by Gasteiger charge is -2.02. The summed E-state index contributed by atoms with van der Waals surface area (Å²) in [6, 6.07) is 6.03. The highest BCUT2D eigenvalue weighted by atomic mass is 79.9. The number of imidazole rings is 1. The number of halogens is 2. The van der Waals surface area contributed by atoms with Gasteiger partial charge in [0.05, 0.1) is 0 Å². The van der Waals surface area contributed by atoms with Gasteiger partial charge in [-0.25, -0.2) is 9.37 Å². The first kappa shape index (κ1) is 9.21. The minimum absolute atomic E-state index is 0.272. The number of rotatable bonds is 1. The molecule has 72 valence electrons. The van der Waals surface area contributed by atoms with Crippen LogP contribution in [0.25, 0.3) is 5.69 Å². The number of hydrogen-bond acceptors (Lipinski definition) is 2. The van der Waals surface area contributed by atoms with Crippen molar-refractivity contribution in [2.45, 2.75) is 0 Å². The van der Waals surface area contributed by atoms with Gasteiger partial charge in [-0.1, -0.05) is 0 Å². The summed E-state index contributed by atoms with van der Waals surface area (Å²) >= 11 is 3.21. The van der Waals surface area contributed by atoms with Crippen LogP contribution in [0.3, 0.4) is 0 Å². The van der Waals surface area contributed by atoms with Gasteiger partial charge in [-0.15, -0.1) is 0 Å². The Labute approximate surface area is 88.5 Å². The molecule has 2 N–H and O–H groups in total. The van der Waals surface area contributed by atoms with E-state index in [0.29, 0.717) is 10.6 Å². The molecule has 2 rings (SSSR count). The van der Waals surface area contributed by atoms with Crippen LogP contribution in [0, 0.1) is 5.82 Å². The molecule has 0 radical (unpaired) electrons. The summed E-state index contributed by atoms with van der Waals surface area (Å²) < 4.78 is 15.0. The van der Waals surface area contributed by atoms with Crippen molar-refractivity contribution >= 4 is 21.9 Å². The van der Waals surface area contributed by atoms with E-state index < -0.39 is 0 Å². The molecular formula is C9H7BrFN3. The summed E-state index contributed by atoms with van der Waals surface area (Å²) in [7, 11) is 0. The van der Waals surface area contributed by atoms with Crippen LogP contribution in [0.15, 0.2) is 35.1 Å². The van der Waals surface area contributed by atoms with Gasteiger partial charge in [0.1, 0.15) is 10.4 Å². The standard InChI is InChI=1S/C9H7BrFN3/c10-8-5-14(9(12)13-8)7-3-1-6(11)2-4-7/h1-5H,(H2,12,13). The largest absolute Gasteiger partial charge is 0.369 e. The first-order valence-electron chi connectivity index (χ1n) is 3.93. The third-order valence-electron chi connectivity index (χ3n) is 1.81. The predicted molar refractivity (Wildman–Crippen MR) is 55.6 cm³/mol. The second kappa shape index (κ2) is 3.42. The van der Waals surface area contributed by atoms with E-state index >= 15 is 0 Å². The Morgan fingerprint density at radius 2 is 1.93 bits per heavy atom. The van der Waals surface area contributed by atoms with Gasteiger partial charge in [-0.2, -0.15) is 0 Å². The van der Waals surface area contributed by atoms with Crippen LogP contribution < -0.4 is 5.73 Å². The molecule has 0 unspecified atom stereocenters. The molecule has 0 saturated heterocycles. The number of nitrogens with two attached hydrogens (primary N) is 1. The second-order valence-electron chi connectivity index (χ2n) is 2.77. The van der Waals surface area contributed by atoms with Gasteiger partial charge < -0.3 is 5.73 Å². The maximum absolute atomic E-state index is 12.6. The number of nitrogen functional groups attached to an aromatic ring is 1. The minimum atomic E-state index is -0.272. The number of hydrogen-bond donors (Lipinski definition) is 1. The maximum Gasteiger partial charge on any atom is 0.205 e. The van der Waals surface area contributed by atoms with E-state index in [1.54, 1.807) is 22.9 Å². The molecule has 0 aliphatic carbocycles. The number of aromatic nitrogens is 2. The molecule has 5 heteroatoms. The normalized spacial score (nSPS) is 10.4. The molecular weight excluding hydrogens is 249 g/mol. The predicted octanol–water partition coefficient (Wildman–Crippen LogP) is 2.36. The summed E-state index contributed by atoms with van der Waals surface area (Å²) in [5, 5.41) is 0. The van der Waals surface area contributed by atoms with Gasteiger partial charge in [0, 0.05) is 11.9 Å². The van der Waals surface area contributed by atoms with Crippen molar-refractivity contribution in [2.24, 2.45) is 0 Å². The molecule has 2 aromatic rings. The van der Waals surface area contributed by atoms with Gasteiger partial charge >= 0.3 is 0 Å². The molecule has 1 aromatic heterocycles. The summed E-state index contributed by atoms with van der Waals surface area (Å²) in [5.74, 6) is 0.0926. The average Bonchev–Trinajstić information content (AvgIpc) is 2.47. The first-order valence-corrected chi connectivity index (χ1v) is 4.72. The Morgan fingerprint density at radius 3 is 2.43 bits per heavy atom. The van der Waals surface area contributed by atoms with Crippen molar-refractivity contribution in [3.8, 4) is 5.69 Å². The number of benzene rings is 1. The molecule has 0 fully saturated rings. The lowest BCUT2D eigenvalue weighted by Crippen LogP contribution is -1.99. The van der Waals surface area contributed by atoms with Gasteiger partial charge in [-0.3, -0.25) is 4.57 Å². The molecule has 14 heavy (non-hydrogen) atoms. The maximum atomic E-state index is 12.6. The molecule has 1 aromatic carbocycles. The Morgan fingerprint density at radius 1 is 1.29 bits per heavy atom. The van der Waals surface area contributed by atoms with Crippen LogP contribution in [0.1, 0.15) is 0 Å². The second-order valence-corrected chi connectivity index (χ2v) is 3.58. The van der Waals surface area contributed by atoms with Crippen molar-refractivity contribution in [3.05, 3.63) is 40.9 Å². The lowest BCUT2D eigenvalue weighted by atomic mass is 10.3. The minimum Gasteiger partial charge on any atom is -0.369 e. The highest BCUT2D eigenvalue weighted by Crippen LogP contribution is 2.17. The fraction of sp³-hybridized carbons (Fsp3) is 0. The SMILES string of the molecule is Nc1nc(Br)cn1-c1ccc(F)cc1. The zero-order valence-corrected chi connectivity index (χ0v) is 8.70. The Kier molecular flexibility index (Phi) is 2.25. The first-order chi connectivity index (χ1) is 6.66. The van der Waals surface area contributed by atoms with Gasteiger partial charge in [0.25, 0.3) is 0 Å². The quantitative estimate of drug-likeness (QED) is 0.851. The smallest absolute Gasteiger partial charge is 0.205 e. The van der Waals surface area contributed by atoms with Crippen LogP contribution in [0.4, 0.5) is 10.3 Å². The molecule has 0 saturated carbocycles. The van der Waals surface area contributed by atoms with E-state index in [2.05, 4.69) is 20.9 Å². The fourth-order valence-corrected chi connectivity index (χ4v) is 1.56. The summed E-state index contributed by atoms with van der Waals surface area (Å²) in [5.41, 5.74) is 6.42. The molecule has 1 heterocycles. The van der Waals surface area contributed by atoms with Crippen LogP contribution >= 0.6 is 15.9 Å². The van der Waals surface area contributed by atoms with Gasteiger partial charge in [0.15, 0.2) is 0 Å². The monoisotopic (exact) mass is 255 g/mol. The topological polar surface area (TPSA) is 43.8 Å². The average molecular weight is 256 g/mol. The van der Waals surface area contributed by atoms with E-state index in [0.717, 1.165) is 5.69 Å². The molecule has 0 aliphatic rings. The number of nitrogens with zero attached hydrogens (tertiary/aromatic N) is 2. The van der Waals surface area contributed by atoms with E-state index in [1.807, 2.05) is 0 Å². The summed E-state index contributed by atoms with van der Waals surface area (Å²) in [4.78, 5) is 3.97. The lowest BCUT2D eigenvalue weighted by molar-refractivity contribution is 0.627. The van der Waals surface area contributed by atoms with Crippen molar-refractivity contribution in [3.63, 3.8) is 0 Å². The van der Waals surface area contributed by atoms with Crippen LogP contribution in [0.2, 0.25) is 0 Å². The molecule has 0 aliphatic heterocycles. The zero-order valence-electron chi connectivity index (χ0n) is 7.11. The third-order valence-corrected chi connectivity index (χ3v) is 2.19. The van der Waals surface area contributed by atoms with E-state index in [4.69, 9.17) is 5.73 Å². The Hall–Kier alpha value is -1.36. The fourth-order valence-electron chi connectivity index (χ4n) is 1.17. The van der Waals surface area contributed by atoms with E-state index in [9.17, 15) is 4.39 Å². The van der Waals surface area contributed by atoms with Gasteiger partial charge in [0.2, 0.25) is 5.95 Å². The van der Waals surface area contributed by atoms with Crippen molar-refractivity contribution in [1.82, 2.24) is 9.55 Å². The zero-order chi connectivity index (χ0) is 10.1. The van der Waals surface area contributed by atoms with Crippen molar-refractivity contribution < 1.29 is 4.39 Å². The Bertz CT molecular complexity index is 450. The van der Waals surface area contributed by atoms with Crippen molar-refractivity contribution in [1.29, 1.82) is 0 Å². The highest BCUT2D eigenvalue weighted by Gasteiger charge is 2.04. The third kappa shape index (κ3) is 1.63. The molecule has 0 spiro atoms. The van der Waals surface area contributed by atoms with Crippen molar-refractivity contribution in [2.75, 3.05) is 5.73 Å². The van der Waals surface area contributed by atoms with E-state index in [-0.39, 0.29) is 5.82 Å². The van der Waals surface area contributed by atoms with Gasteiger partial charge in [-0.05, 0) is 40.2 Å². The highest BCUT2D eigenvalue weighted by molar-refractivity contribution is 9.10. The molecule has 0 bridgehead atoms. The molecule has 0 amide bonds. The number of anilines is 1. The summed E-state index contributed by atoms with van der Waals surface area (Å²) in [6.07, 6.45) is 1.72. The summed E-state index contributed by atoms with van der Waals surface area (Å²) in [6.45, 7) is 0. The van der Waals surface area contributed by atoms with E-state index in [1.165, 1.54) is 12.1 Å². The Balaban J connectivity index is 2.49. The van der Waals surface area contributed by atoms with Crippen LogP contribution in [-0.2, 0) is 0 Å². The van der Waals surface area contributed by atoms with Crippen LogP contribution in [-0.4, -0.2) is 9.55 Å². The molecule has 0 atom stereocenters. The molecule has 3 nitrogen and oxygen atoms in total. The van der Waals surface area contributed by atoms with Crippen LogP contribution in [0.5, 0.6) is 0 Å².